The maximum Gasteiger partial charge on any atom is 0.185 e. The highest BCUT2D eigenvalue weighted by molar-refractivity contribution is 6.33. The van der Waals surface area contributed by atoms with Crippen molar-refractivity contribution in [3.8, 4) is 0 Å². The minimum Gasteiger partial charge on any atom is -0.381 e. The number of nitrogens with zero attached hydrogens (tertiary/aromatic N) is 1. The van der Waals surface area contributed by atoms with Gasteiger partial charge in [-0.05, 0) is 12.3 Å². The zero-order valence-electron chi connectivity index (χ0n) is 7.12. The lowest BCUT2D eigenvalue weighted by atomic mass is 10.0. The molecule has 0 aromatic carbocycles. The van der Waals surface area contributed by atoms with Gasteiger partial charge in [0.1, 0.15) is 5.02 Å². The van der Waals surface area contributed by atoms with E-state index < -0.39 is 0 Å². The second kappa shape index (κ2) is 3.55. The minimum absolute atomic E-state index is 0.274. The van der Waals surface area contributed by atoms with E-state index in [0.717, 1.165) is 26.1 Å². The second-order valence-corrected chi connectivity index (χ2v) is 3.62. The van der Waals surface area contributed by atoms with Gasteiger partial charge in [-0.1, -0.05) is 16.8 Å². The third-order valence-corrected chi connectivity index (χ3v) is 2.63. The molecule has 13 heavy (non-hydrogen) atoms. The molecule has 1 aliphatic heterocycles. The highest BCUT2D eigenvalue weighted by Gasteiger charge is 2.21. The van der Waals surface area contributed by atoms with E-state index in [4.69, 9.17) is 26.6 Å². The van der Waals surface area contributed by atoms with Crippen LogP contribution in [0.25, 0.3) is 0 Å². The lowest BCUT2D eigenvalue weighted by molar-refractivity contribution is 0.184. The van der Waals surface area contributed by atoms with Gasteiger partial charge in [-0.2, -0.15) is 0 Å². The summed E-state index contributed by atoms with van der Waals surface area (Å²) < 4.78 is 10.2. The molecule has 1 unspecified atom stereocenters. The molecule has 1 aliphatic rings. The first kappa shape index (κ1) is 8.84. The van der Waals surface area contributed by atoms with Crippen LogP contribution in [0.4, 0.5) is 5.82 Å². The van der Waals surface area contributed by atoms with Crippen molar-refractivity contribution in [2.45, 2.75) is 12.8 Å². The molecule has 1 aromatic rings. The van der Waals surface area contributed by atoms with Crippen LogP contribution in [-0.2, 0) is 11.2 Å². The fourth-order valence-corrected chi connectivity index (χ4v) is 1.61. The Morgan fingerprint density at radius 3 is 3.00 bits per heavy atom. The van der Waals surface area contributed by atoms with Gasteiger partial charge in [-0.3, -0.25) is 0 Å². The van der Waals surface area contributed by atoms with E-state index >= 15 is 0 Å². The average Bonchev–Trinajstić information content (AvgIpc) is 2.71. The van der Waals surface area contributed by atoms with E-state index in [-0.39, 0.29) is 5.82 Å². The van der Waals surface area contributed by atoms with Crippen LogP contribution in [0.15, 0.2) is 4.52 Å². The van der Waals surface area contributed by atoms with Crippen LogP contribution in [0, 0.1) is 5.92 Å². The molecular formula is C8H11ClN2O2. The summed E-state index contributed by atoms with van der Waals surface area (Å²) in [5, 5.41) is 4.04. The van der Waals surface area contributed by atoms with Gasteiger partial charge in [0.25, 0.3) is 0 Å². The molecule has 2 N–H and O–H groups in total. The topological polar surface area (TPSA) is 61.3 Å². The van der Waals surface area contributed by atoms with Gasteiger partial charge in [-0.15, -0.1) is 0 Å². The van der Waals surface area contributed by atoms with Gasteiger partial charge in [0.2, 0.25) is 0 Å². The fourth-order valence-electron chi connectivity index (χ4n) is 1.46. The van der Waals surface area contributed by atoms with Gasteiger partial charge in [-0.25, -0.2) is 0 Å². The van der Waals surface area contributed by atoms with E-state index in [0.29, 0.717) is 16.7 Å². The summed E-state index contributed by atoms with van der Waals surface area (Å²) in [6.45, 7) is 1.60. The van der Waals surface area contributed by atoms with Crippen molar-refractivity contribution in [2.24, 2.45) is 5.92 Å². The first-order valence-corrected chi connectivity index (χ1v) is 4.62. The van der Waals surface area contributed by atoms with Crippen LogP contribution in [0.5, 0.6) is 0 Å². The zero-order valence-corrected chi connectivity index (χ0v) is 7.88. The third kappa shape index (κ3) is 1.78. The molecule has 0 bridgehead atoms. The number of anilines is 1. The summed E-state index contributed by atoms with van der Waals surface area (Å²) in [6.07, 6.45) is 1.82. The van der Waals surface area contributed by atoms with Crippen LogP contribution in [0.1, 0.15) is 12.2 Å². The summed E-state index contributed by atoms with van der Waals surface area (Å²) >= 11 is 5.87. The predicted molar refractivity (Wildman–Crippen MR) is 48.6 cm³/mol. The average molecular weight is 203 g/mol. The molecule has 2 heterocycles. The Morgan fingerprint density at radius 2 is 2.46 bits per heavy atom. The highest BCUT2D eigenvalue weighted by Crippen LogP contribution is 2.27. The van der Waals surface area contributed by atoms with Crippen LogP contribution in [0.2, 0.25) is 5.02 Å². The molecular weight excluding hydrogens is 192 g/mol. The van der Waals surface area contributed by atoms with Crippen molar-refractivity contribution in [3.63, 3.8) is 0 Å². The number of halogens is 1. The van der Waals surface area contributed by atoms with Crippen LogP contribution < -0.4 is 5.73 Å². The Hall–Kier alpha value is -0.740. The predicted octanol–water partition coefficient (Wildman–Crippen LogP) is 1.49. The smallest absolute Gasteiger partial charge is 0.185 e. The molecule has 0 amide bonds. The van der Waals surface area contributed by atoms with Gasteiger partial charge in [0.15, 0.2) is 11.6 Å². The van der Waals surface area contributed by atoms with Crippen LogP contribution in [-0.4, -0.2) is 18.4 Å². The van der Waals surface area contributed by atoms with Crippen molar-refractivity contribution in [3.05, 3.63) is 10.8 Å². The molecule has 0 spiro atoms. The first-order valence-electron chi connectivity index (χ1n) is 4.24. The lowest BCUT2D eigenvalue weighted by Gasteiger charge is -2.02. The van der Waals surface area contributed by atoms with E-state index in [1.165, 1.54) is 0 Å². The van der Waals surface area contributed by atoms with Crippen molar-refractivity contribution in [1.82, 2.24) is 5.16 Å². The van der Waals surface area contributed by atoms with Crippen LogP contribution in [0.3, 0.4) is 0 Å². The number of rotatable bonds is 2. The van der Waals surface area contributed by atoms with Gasteiger partial charge in [0, 0.05) is 19.6 Å². The van der Waals surface area contributed by atoms with Crippen molar-refractivity contribution in [1.29, 1.82) is 0 Å². The third-order valence-electron chi connectivity index (χ3n) is 2.22. The molecule has 0 saturated carbocycles. The summed E-state index contributed by atoms with van der Waals surface area (Å²) in [7, 11) is 0. The normalized spacial score (nSPS) is 22.4. The fraction of sp³-hybridized carbons (Fsp3) is 0.625. The second-order valence-electron chi connectivity index (χ2n) is 3.24. The van der Waals surface area contributed by atoms with Crippen molar-refractivity contribution in [2.75, 3.05) is 18.9 Å². The van der Waals surface area contributed by atoms with Crippen molar-refractivity contribution < 1.29 is 9.26 Å². The molecule has 1 atom stereocenters. The van der Waals surface area contributed by atoms with Gasteiger partial charge < -0.3 is 15.0 Å². The van der Waals surface area contributed by atoms with E-state index in [1.54, 1.807) is 0 Å². The Bertz CT molecular complexity index is 294. The maximum absolute atomic E-state index is 5.87. The molecule has 1 aromatic heterocycles. The number of aromatic nitrogens is 1. The number of nitrogen functional groups attached to an aromatic ring is 1. The van der Waals surface area contributed by atoms with E-state index in [9.17, 15) is 0 Å². The monoisotopic (exact) mass is 202 g/mol. The highest BCUT2D eigenvalue weighted by atomic mass is 35.5. The Morgan fingerprint density at radius 1 is 1.62 bits per heavy atom. The number of ether oxygens (including phenoxy) is 1. The van der Waals surface area contributed by atoms with Crippen molar-refractivity contribution >= 4 is 17.4 Å². The number of hydrogen-bond donors (Lipinski definition) is 1. The number of hydrogen-bond acceptors (Lipinski definition) is 4. The summed E-state index contributed by atoms with van der Waals surface area (Å²) in [6, 6.07) is 0. The zero-order chi connectivity index (χ0) is 9.26. The molecule has 2 rings (SSSR count). The minimum atomic E-state index is 0.274. The van der Waals surface area contributed by atoms with Gasteiger partial charge in [0.05, 0.1) is 0 Å². The molecule has 5 heteroatoms. The Balaban J connectivity index is 2.04. The SMILES string of the molecule is Nc1noc(CC2CCOC2)c1Cl. The molecule has 72 valence electrons. The quantitative estimate of drug-likeness (QED) is 0.790. The standard InChI is InChI=1S/C8H11ClN2O2/c9-7-6(13-11-8(7)10)3-5-1-2-12-4-5/h5H,1-4H2,(H2,10,11). The van der Waals surface area contributed by atoms with E-state index in [2.05, 4.69) is 5.16 Å². The Kier molecular flexibility index (Phi) is 2.42. The Labute approximate surface area is 81.0 Å². The summed E-state index contributed by atoms with van der Waals surface area (Å²) in [5.74, 6) is 1.44. The lowest BCUT2D eigenvalue weighted by Crippen LogP contribution is -2.03. The van der Waals surface area contributed by atoms with Gasteiger partial charge >= 0.3 is 0 Å². The molecule has 0 aliphatic carbocycles. The molecule has 1 saturated heterocycles. The first-order chi connectivity index (χ1) is 6.27. The largest absolute Gasteiger partial charge is 0.381 e. The molecule has 4 nitrogen and oxygen atoms in total. The van der Waals surface area contributed by atoms with E-state index in [1.807, 2.05) is 0 Å². The number of nitrogens with two attached hydrogens (primary N) is 1. The molecule has 1 fully saturated rings. The van der Waals surface area contributed by atoms with Crippen LogP contribution >= 0.6 is 11.6 Å². The maximum atomic E-state index is 5.87. The molecule has 0 radical (unpaired) electrons. The summed E-state index contributed by atoms with van der Waals surface area (Å²) in [5.41, 5.74) is 5.45. The summed E-state index contributed by atoms with van der Waals surface area (Å²) in [4.78, 5) is 0.